The van der Waals surface area contributed by atoms with E-state index in [1.807, 2.05) is 72.9 Å². The first-order valence-electron chi connectivity index (χ1n) is 8.73. The van der Waals surface area contributed by atoms with Crippen molar-refractivity contribution in [1.82, 2.24) is 4.98 Å². The molecule has 0 radical (unpaired) electrons. The van der Waals surface area contributed by atoms with E-state index < -0.39 is 0 Å². The summed E-state index contributed by atoms with van der Waals surface area (Å²) in [6.07, 6.45) is 1.81. The van der Waals surface area contributed by atoms with Crippen LogP contribution in [0.3, 0.4) is 0 Å². The third-order valence-corrected chi connectivity index (χ3v) is 5.47. The lowest BCUT2D eigenvalue weighted by molar-refractivity contribution is 0.415. The largest absolute Gasteiger partial charge is 0.497 e. The molecule has 1 heterocycles. The lowest BCUT2D eigenvalue weighted by atomic mass is 10.1. The first kappa shape index (κ1) is 18.4. The monoisotopic (exact) mass is 404 g/mol. The van der Waals surface area contributed by atoms with Crippen molar-refractivity contribution in [3.8, 4) is 27.4 Å². The molecule has 0 aliphatic heterocycles. The molecular weight excluding hydrogens is 388 g/mol. The van der Waals surface area contributed by atoms with E-state index in [2.05, 4.69) is 17.1 Å². The molecule has 0 saturated carbocycles. The van der Waals surface area contributed by atoms with E-state index in [1.165, 1.54) is 0 Å². The van der Waals surface area contributed by atoms with Crippen molar-refractivity contribution >= 4 is 34.3 Å². The number of halogens is 1. The summed E-state index contributed by atoms with van der Waals surface area (Å²) in [6, 6.07) is 25.8. The molecule has 0 bridgehead atoms. The van der Waals surface area contributed by atoms with E-state index in [0.29, 0.717) is 10.2 Å². The highest BCUT2D eigenvalue weighted by molar-refractivity contribution is 7.19. The molecule has 0 atom stereocenters. The van der Waals surface area contributed by atoms with Gasteiger partial charge in [-0.2, -0.15) is 0 Å². The molecule has 0 N–H and O–H groups in total. The van der Waals surface area contributed by atoms with Crippen LogP contribution in [0.15, 0.2) is 83.9 Å². The zero-order chi connectivity index (χ0) is 19.3. The normalized spacial score (nSPS) is 11.1. The zero-order valence-corrected chi connectivity index (χ0v) is 16.7. The Morgan fingerprint density at radius 3 is 2.29 bits per heavy atom. The zero-order valence-electron chi connectivity index (χ0n) is 15.2. The molecule has 0 fully saturated rings. The molecule has 0 unspecified atom stereocenters. The molecule has 0 spiro atoms. The number of nitrogens with zero attached hydrogens (tertiary/aromatic N) is 2. The number of hydrogen-bond acceptors (Lipinski definition) is 4. The van der Waals surface area contributed by atoms with Gasteiger partial charge in [0.25, 0.3) is 0 Å². The minimum atomic E-state index is 0.708. The fourth-order valence-corrected chi connectivity index (χ4v) is 3.84. The van der Waals surface area contributed by atoms with Crippen LogP contribution >= 0.6 is 22.9 Å². The summed E-state index contributed by atoms with van der Waals surface area (Å²) in [6.45, 7) is 0. The van der Waals surface area contributed by atoms with Crippen molar-refractivity contribution in [1.29, 1.82) is 0 Å². The molecule has 0 saturated heterocycles. The SMILES string of the molecule is COc1ccc(-c2nc(N=Cc3ccc(Cl)cc3)sc2-c2ccccc2)cc1. The summed E-state index contributed by atoms with van der Waals surface area (Å²) in [5, 5.41) is 1.42. The molecule has 4 aromatic rings. The van der Waals surface area contributed by atoms with Crippen molar-refractivity contribution in [3.05, 3.63) is 89.4 Å². The molecule has 28 heavy (non-hydrogen) atoms. The van der Waals surface area contributed by atoms with Crippen LogP contribution in [0.4, 0.5) is 5.13 Å². The van der Waals surface area contributed by atoms with E-state index in [1.54, 1.807) is 18.4 Å². The predicted octanol–water partition coefficient (Wildman–Crippen LogP) is 6.89. The summed E-state index contributed by atoms with van der Waals surface area (Å²) in [7, 11) is 1.66. The minimum absolute atomic E-state index is 0.708. The lowest BCUT2D eigenvalue weighted by Gasteiger charge is -2.04. The summed E-state index contributed by atoms with van der Waals surface area (Å²) in [5.41, 5.74) is 4.05. The van der Waals surface area contributed by atoms with E-state index >= 15 is 0 Å². The summed E-state index contributed by atoms with van der Waals surface area (Å²) < 4.78 is 5.27. The first-order valence-corrected chi connectivity index (χ1v) is 9.93. The average Bonchev–Trinajstić information content (AvgIpc) is 3.18. The maximum Gasteiger partial charge on any atom is 0.210 e. The Morgan fingerprint density at radius 2 is 1.61 bits per heavy atom. The van der Waals surface area contributed by atoms with Gasteiger partial charge in [0.1, 0.15) is 5.75 Å². The summed E-state index contributed by atoms with van der Waals surface area (Å²) in [5.74, 6) is 0.821. The number of rotatable bonds is 5. The molecule has 1 aromatic heterocycles. The van der Waals surface area contributed by atoms with E-state index in [-0.39, 0.29) is 0 Å². The van der Waals surface area contributed by atoms with Gasteiger partial charge in [-0.25, -0.2) is 9.98 Å². The number of aliphatic imine (C=N–C) groups is 1. The van der Waals surface area contributed by atoms with Crippen LogP contribution < -0.4 is 4.74 Å². The molecule has 0 aliphatic rings. The van der Waals surface area contributed by atoms with Crippen molar-refractivity contribution in [2.75, 3.05) is 7.11 Å². The van der Waals surface area contributed by atoms with Gasteiger partial charge in [-0.1, -0.05) is 65.4 Å². The van der Waals surface area contributed by atoms with E-state index in [4.69, 9.17) is 21.3 Å². The Kier molecular flexibility index (Phi) is 5.51. The van der Waals surface area contributed by atoms with Crippen LogP contribution in [0, 0.1) is 0 Å². The maximum absolute atomic E-state index is 5.95. The quantitative estimate of drug-likeness (QED) is 0.339. The number of aromatic nitrogens is 1. The fourth-order valence-electron chi connectivity index (χ4n) is 2.77. The predicted molar refractivity (Wildman–Crippen MR) is 118 cm³/mol. The summed E-state index contributed by atoms with van der Waals surface area (Å²) in [4.78, 5) is 10.5. The van der Waals surface area contributed by atoms with Crippen LogP contribution in [0.2, 0.25) is 5.02 Å². The van der Waals surface area contributed by atoms with Gasteiger partial charge in [-0.3, -0.25) is 0 Å². The second-order valence-electron chi connectivity index (χ2n) is 6.08. The second kappa shape index (κ2) is 8.38. The van der Waals surface area contributed by atoms with Crippen LogP contribution in [-0.4, -0.2) is 18.3 Å². The number of thiazole rings is 1. The third kappa shape index (κ3) is 4.14. The van der Waals surface area contributed by atoms with Gasteiger partial charge < -0.3 is 4.74 Å². The van der Waals surface area contributed by atoms with Crippen molar-refractivity contribution in [3.63, 3.8) is 0 Å². The third-order valence-electron chi connectivity index (χ3n) is 4.21. The smallest absolute Gasteiger partial charge is 0.210 e. The molecule has 138 valence electrons. The van der Waals surface area contributed by atoms with Crippen molar-refractivity contribution < 1.29 is 4.74 Å². The van der Waals surface area contributed by atoms with Gasteiger partial charge >= 0.3 is 0 Å². The minimum Gasteiger partial charge on any atom is -0.497 e. The Balaban J connectivity index is 1.74. The Bertz CT molecular complexity index is 1090. The number of hydrogen-bond donors (Lipinski definition) is 0. The van der Waals surface area contributed by atoms with Gasteiger partial charge in [0, 0.05) is 16.8 Å². The maximum atomic E-state index is 5.95. The van der Waals surface area contributed by atoms with Gasteiger partial charge in [0.15, 0.2) is 0 Å². The fraction of sp³-hybridized carbons (Fsp3) is 0.0435. The Hall–Kier alpha value is -2.95. The molecule has 5 heteroatoms. The molecule has 3 aromatic carbocycles. The first-order chi connectivity index (χ1) is 13.7. The standard InChI is InChI=1S/C23H17ClN2OS/c1-27-20-13-9-17(10-14-20)21-22(18-5-3-2-4-6-18)28-23(26-21)25-15-16-7-11-19(24)12-8-16/h2-15H,1H3. The van der Waals surface area contributed by atoms with Gasteiger partial charge in [0.05, 0.1) is 17.7 Å². The highest BCUT2D eigenvalue weighted by Gasteiger charge is 2.14. The number of benzene rings is 3. The van der Waals surface area contributed by atoms with Crippen molar-refractivity contribution in [2.24, 2.45) is 4.99 Å². The molecule has 4 rings (SSSR count). The van der Waals surface area contributed by atoms with Crippen LogP contribution in [0.25, 0.3) is 21.7 Å². The van der Waals surface area contributed by atoms with Crippen LogP contribution in [0.1, 0.15) is 5.56 Å². The van der Waals surface area contributed by atoms with Crippen LogP contribution in [-0.2, 0) is 0 Å². The number of methoxy groups -OCH3 is 1. The highest BCUT2D eigenvalue weighted by atomic mass is 35.5. The van der Waals surface area contributed by atoms with E-state index in [9.17, 15) is 0 Å². The average molecular weight is 405 g/mol. The molecule has 3 nitrogen and oxygen atoms in total. The Morgan fingerprint density at radius 1 is 0.893 bits per heavy atom. The van der Waals surface area contributed by atoms with Gasteiger partial charge in [0.2, 0.25) is 5.13 Å². The topological polar surface area (TPSA) is 34.5 Å². The van der Waals surface area contributed by atoms with Crippen molar-refractivity contribution in [2.45, 2.75) is 0 Å². The molecule has 0 aliphatic carbocycles. The highest BCUT2D eigenvalue weighted by Crippen LogP contribution is 2.40. The Labute approximate surface area is 173 Å². The van der Waals surface area contributed by atoms with Gasteiger partial charge in [-0.15, -0.1) is 0 Å². The van der Waals surface area contributed by atoms with Gasteiger partial charge in [-0.05, 0) is 47.5 Å². The summed E-state index contributed by atoms with van der Waals surface area (Å²) >= 11 is 7.52. The molecular formula is C23H17ClN2OS. The van der Waals surface area contributed by atoms with Crippen LogP contribution in [0.5, 0.6) is 5.75 Å². The lowest BCUT2D eigenvalue weighted by Crippen LogP contribution is -1.85. The molecule has 0 amide bonds. The second-order valence-corrected chi connectivity index (χ2v) is 7.49. The number of ether oxygens (including phenoxy) is 1. The van der Waals surface area contributed by atoms with E-state index in [0.717, 1.165) is 33.0 Å².